The normalized spacial score (nSPS) is 42.9. The molecule has 180 valence electrons. The van der Waals surface area contributed by atoms with E-state index in [0.29, 0.717) is 29.5 Å². The van der Waals surface area contributed by atoms with Crippen molar-refractivity contribution < 1.29 is 0 Å². The first-order chi connectivity index (χ1) is 16.6. The van der Waals surface area contributed by atoms with Crippen LogP contribution in [-0.4, -0.2) is 42.2 Å². The molecule has 34 heavy (non-hydrogen) atoms. The molecule has 1 saturated carbocycles. The third kappa shape index (κ3) is 3.20. The maximum atomic E-state index is 4.28. The van der Waals surface area contributed by atoms with E-state index in [0.717, 1.165) is 29.8 Å². The predicted octanol–water partition coefficient (Wildman–Crippen LogP) is 5.36. The van der Waals surface area contributed by atoms with Gasteiger partial charge in [0.15, 0.2) is 0 Å². The van der Waals surface area contributed by atoms with Crippen molar-refractivity contribution in [2.24, 2.45) is 23.2 Å². The summed E-state index contributed by atoms with van der Waals surface area (Å²) in [4.78, 5) is 3.13. The van der Waals surface area contributed by atoms with E-state index in [1.807, 2.05) is 0 Å². The Kier molecular flexibility index (Phi) is 5.20. The van der Waals surface area contributed by atoms with E-state index in [1.165, 1.54) is 50.8 Å². The average molecular weight is 456 g/mol. The maximum Gasteiger partial charge on any atom is 0.0324 e. The summed E-state index contributed by atoms with van der Waals surface area (Å²) < 4.78 is 0. The number of fused-ring (bicyclic) bond motifs is 5. The van der Waals surface area contributed by atoms with Crippen molar-refractivity contribution in [3.05, 3.63) is 71.8 Å². The van der Waals surface area contributed by atoms with Gasteiger partial charge in [-0.3, -0.25) is 4.90 Å². The molecule has 2 N–H and O–H groups in total. The highest BCUT2D eigenvalue weighted by Crippen LogP contribution is 2.61. The van der Waals surface area contributed by atoms with Crippen LogP contribution in [0.15, 0.2) is 60.7 Å². The molecule has 0 radical (unpaired) electrons. The zero-order chi connectivity index (χ0) is 22.9. The van der Waals surface area contributed by atoms with Crippen molar-refractivity contribution in [3.63, 3.8) is 0 Å². The van der Waals surface area contributed by atoms with E-state index in [9.17, 15) is 0 Å². The van der Waals surface area contributed by atoms with Crippen molar-refractivity contribution in [2.75, 3.05) is 13.1 Å². The summed E-state index contributed by atoms with van der Waals surface area (Å²) in [6.45, 7) is 7.66. The number of rotatable bonds is 2. The highest BCUT2D eigenvalue weighted by atomic mass is 15.3. The van der Waals surface area contributed by atoms with Crippen LogP contribution in [0.3, 0.4) is 0 Å². The minimum atomic E-state index is 0.386. The number of hydrogen-bond acceptors (Lipinski definition) is 3. The molecule has 1 aliphatic carbocycles. The van der Waals surface area contributed by atoms with Gasteiger partial charge in [-0.1, -0.05) is 74.5 Å². The van der Waals surface area contributed by atoms with Crippen LogP contribution < -0.4 is 10.6 Å². The molecule has 4 heterocycles. The van der Waals surface area contributed by atoms with Crippen LogP contribution in [0.4, 0.5) is 0 Å². The molecule has 3 heteroatoms. The zero-order valence-electron chi connectivity index (χ0n) is 20.9. The number of nitrogens with zero attached hydrogens (tertiary/aromatic N) is 1. The van der Waals surface area contributed by atoms with Gasteiger partial charge in [-0.2, -0.15) is 0 Å². The lowest BCUT2D eigenvalue weighted by Crippen LogP contribution is -2.67. The van der Waals surface area contributed by atoms with Crippen LogP contribution >= 0.6 is 0 Å². The molecule has 5 fully saturated rings. The molecule has 0 bridgehead atoms. The molecule has 9 atom stereocenters. The number of hydrogen-bond donors (Lipinski definition) is 2. The van der Waals surface area contributed by atoms with Crippen LogP contribution in [0.5, 0.6) is 0 Å². The van der Waals surface area contributed by atoms with Gasteiger partial charge in [0.05, 0.1) is 0 Å². The van der Waals surface area contributed by atoms with Gasteiger partial charge in [-0.05, 0) is 85.4 Å². The lowest BCUT2D eigenvalue weighted by atomic mass is 9.53. The second-order valence-electron chi connectivity index (χ2n) is 12.6. The Morgan fingerprint density at radius 2 is 1.53 bits per heavy atom. The summed E-state index contributed by atoms with van der Waals surface area (Å²) in [6, 6.07) is 26.1. The summed E-state index contributed by atoms with van der Waals surface area (Å²) in [5.74, 6) is 3.00. The van der Waals surface area contributed by atoms with Crippen LogP contribution in [-0.2, 0) is 0 Å². The third-order valence-corrected chi connectivity index (χ3v) is 10.9. The van der Waals surface area contributed by atoms with Gasteiger partial charge in [0, 0.05) is 30.2 Å². The largest absolute Gasteiger partial charge is 0.316 e. The van der Waals surface area contributed by atoms with Gasteiger partial charge in [-0.15, -0.1) is 0 Å². The van der Waals surface area contributed by atoms with Gasteiger partial charge >= 0.3 is 0 Å². The van der Waals surface area contributed by atoms with Crippen LogP contribution in [0.2, 0.25) is 0 Å². The van der Waals surface area contributed by atoms with Crippen LogP contribution in [0.1, 0.15) is 69.0 Å². The molecule has 3 nitrogen and oxygen atoms in total. The van der Waals surface area contributed by atoms with Gasteiger partial charge in [0.2, 0.25) is 0 Å². The van der Waals surface area contributed by atoms with Gasteiger partial charge in [-0.25, -0.2) is 0 Å². The first-order valence-corrected chi connectivity index (χ1v) is 14.0. The SMILES string of the molecule is CC1(C)C2CNCCC2N2C3CCC(c4ccccc4)NC3C3CC(c4ccccc4)CC1C32. The molecule has 0 spiro atoms. The number of benzene rings is 2. The fourth-order valence-corrected chi connectivity index (χ4v) is 9.40. The van der Waals surface area contributed by atoms with Crippen molar-refractivity contribution in [1.82, 2.24) is 15.5 Å². The van der Waals surface area contributed by atoms with Crippen molar-refractivity contribution in [3.8, 4) is 0 Å². The Labute approximate surface area is 205 Å². The molecule has 7 rings (SSSR count). The summed E-state index contributed by atoms with van der Waals surface area (Å²) in [5, 5.41) is 8.08. The summed E-state index contributed by atoms with van der Waals surface area (Å²) >= 11 is 0. The quantitative estimate of drug-likeness (QED) is 0.638. The first-order valence-electron chi connectivity index (χ1n) is 14.0. The van der Waals surface area contributed by atoms with E-state index < -0.39 is 0 Å². The van der Waals surface area contributed by atoms with E-state index in [1.54, 1.807) is 5.56 Å². The summed E-state index contributed by atoms with van der Waals surface area (Å²) in [7, 11) is 0. The van der Waals surface area contributed by atoms with E-state index >= 15 is 0 Å². The standard InChI is InChI=1S/C31H41N3/c1-31(2)24-18-22(20-9-5-3-6-10-20)17-23-29-28(14-13-26(33-29)21-11-7-4-8-12-21)34(30(23)24)27-15-16-32-19-25(27)31/h3-12,22-30,32-33H,13-19H2,1-2H3. The smallest absolute Gasteiger partial charge is 0.0324 e. The van der Waals surface area contributed by atoms with Crippen LogP contribution in [0.25, 0.3) is 0 Å². The molecule has 2 aromatic rings. The molecule has 0 aromatic heterocycles. The van der Waals surface area contributed by atoms with E-state index in [-0.39, 0.29) is 0 Å². The predicted molar refractivity (Wildman–Crippen MR) is 139 cm³/mol. The fraction of sp³-hybridized carbons (Fsp3) is 0.613. The Morgan fingerprint density at radius 3 is 2.29 bits per heavy atom. The monoisotopic (exact) mass is 455 g/mol. The Balaban J connectivity index is 1.29. The van der Waals surface area contributed by atoms with Gasteiger partial charge < -0.3 is 10.6 Å². The van der Waals surface area contributed by atoms with Crippen molar-refractivity contribution in [2.45, 2.75) is 82.1 Å². The molecule has 5 aliphatic rings. The highest BCUT2D eigenvalue weighted by Gasteiger charge is 2.65. The van der Waals surface area contributed by atoms with Gasteiger partial charge in [0.25, 0.3) is 0 Å². The lowest BCUT2D eigenvalue weighted by Gasteiger charge is -2.62. The highest BCUT2D eigenvalue weighted by molar-refractivity contribution is 5.27. The van der Waals surface area contributed by atoms with E-state index in [2.05, 4.69) is 90.0 Å². The molecule has 4 aliphatic heterocycles. The summed E-state index contributed by atoms with van der Waals surface area (Å²) in [5.41, 5.74) is 3.45. The first kappa shape index (κ1) is 21.6. The number of nitrogens with one attached hydrogen (secondary N) is 2. The minimum absolute atomic E-state index is 0.386. The van der Waals surface area contributed by atoms with Gasteiger partial charge in [0.1, 0.15) is 0 Å². The molecular formula is C31H41N3. The van der Waals surface area contributed by atoms with E-state index in [4.69, 9.17) is 0 Å². The topological polar surface area (TPSA) is 27.3 Å². The second kappa shape index (κ2) is 8.18. The van der Waals surface area contributed by atoms with Crippen LogP contribution in [0, 0.1) is 23.2 Å². The lowest BCUT2D eigenvalue weighted by molar-refractivity contribution is -0.121. The van der Waals surface area contributed by atoms with Crippen molar-refractivity contribution >= 4 is 0 Å². The second-order valence-corrected chi connectivity index (χ2v) is 12.6. The third-order valence-electron chi connectivity index (χ3n) is 10.9. The fourth-order valence-electron chi connectivity index (χ4n) is 9.40. The average Bonchev–Trinajstić information content (AvgIpc) is 3.22. The number of piperidine rings is 3. The molecule has 2 aromatic carbocycles. The molecule has 4 saturated heterocycles. The summed E-state index contributed by atoms with van der Waals surface area (Å²) in [6.07, 6.45) is 6.66. The Bertz CT molecular complexity index is 1000. The zero-order valence-corrected chi connectivity index (χ0v) is 20.9. The molecule has 0 amide bonds. The maximum absolute atomic E-state index is 4.28. The Hall–Kier alpha value is -1.68. The van der Waals surface area contributed by atoms with Crippen molar-refractivity contribution in [1.29, 1.82) is 0 Å². The molecule has 9 unspecified atom stereocenters. The molecular weight excluding hydrogens is 414 g/mol. The minimum Gasteiger partial charge on any atom is -0.316 e. The Morgan fingerprint density at radius 1 is 0.794 bits per heavy atom.